The molecule has 47 heavy (non-hydrogen) atoms. The molecular formula is C36H60N8O3. The molecule has 0 radical (unpaired) electrons. The number of ether oxygens (including phenoxy) is 1. The molecule has 4 aromatic rings. The summed E-state index contributed by atoms with van der Waals surface area (Å²) in [5.41, 5.74) is 10.4. The minimum Gasteiger partial charge on any atom is -0.387 e. The van der Waals surface area contributed by atoms with Gasteiger partial charge in [-0.2, -0.15) is 0 Å². The van der Waals surface area contributed by atoms with Crippen LogP contribution in [0.15, 0.2) is 30.9 Å². The highest BCUT2D eigenvalue weighted by Gasteiger charge is 2.46. The van der Waals surface area contributed by atoms with Crippen LogP contribution in [0.1, 0.15) is 113 Å². The van der Waals surface area contributed by atoms with E-state index in [9.17, 15) is 10.2 Å². The Kier molecular flexibility index (Phi) is 13.7. The van der Waals surface area contributed by atoms with Crippen LogP contribution in [0.5, 0.6) is 0 Å². The lowest BCUT2D eigenvalue weighted by Crippen LogP contribution is -2.52. The first kappa shape index (κ1) is 38.3. The Labute approximate surface area is 281 Å². The molecule has 11 heteroatoms. The summed E-state index contributed by atoms with van der Waals surface area (Å²) in [5.74, 6) is 1.95. The average Bonchev–Trinajstić information content (AvgIpc) is 3.74. The maximum Gasteiger partial charge on any atom is 0.167 e. The zero-order valence-corrected chi connectivity index (χ0v) is 30.5. The fourth-order valence-electron chi connectivity index (χ4n) is 6.35. The number of aryl methyl sites for hydroxylation is 1. The first-order chi connectivity index (χ1) is 22.5. The summed E-state index contributed by atoms with van der Waals surface area (Å²) >= 11 is 0. The van der Waals surface area contributed by atoms with Crippen molar-refractivity contribution in [2.24, 2.45) is 5.92 Å². The van der Waals surface area contributed by atoms with Gasteiger partial charge in [-0.05, 0) is 62.1 Å². The summed E-state index contributed by atoms with van der Waals surface area (Å²) in [6, 6.07) is 7.22. The van der Waals surface area contributed by atoms with Crippen molar-refractivity contribution in [2.45, 2.75) is 144 Å². The van der Waals surface area contributed by atoms with E-state index >= 15 is 0 Å². The number of H-pyrrole nitrogens is 1. The monoisotopic (exact) mass is 652 g/mol. The Balaban J connectivity index is 0.000000947. The predicted octanol–water partition coefficient (Wildman–Crippen LogP) is 6.40. The summed E-state index contributed by atoms with van der Waals surface area (Å²) < 4.78 is 7.86. The van der Waals surface area contributed by atoms with E-state index < -0.39 is 24.5 Å². The lowest BCUT2D eigenvalue weighted by atomic mass is 9.76. The Morgan fingerprint density at radius 1 is 1.02 bits per heavy atom. The van der Waals surface area contributed by atoms with E-state index in [-0.39, 0.29) is 17.3 Å². The molecule has 4 heterocycles. The van der Waals surface area contributed by atoms with Crippen LogP contribution in [0.4, 0.5) is 5.82 Å². The highest BCUT2D eigenvalue weighted by molar-refractivity contribution is 5.81. The average molecular weight is 653 g/mol. The molecule has 0 bridgehead atoms. The molecule has 5 N–H and O–H groups in total. The lowest BCUT2D eigenvalue weighted by molar-refractivity contribution is -0.0620. The maximum atomic E-state index is 10.9. The standard InChI is InChI=1S/C30H42N8O3.3C2H6/c1-16(2)37(13-22-25(39)26(40)29(41-22)38-15-34-24-27(31)32-14-33-28(24)38)19-10-17(11-19)6-9-23-35-20-8-7-18(30(3,4)5)12-21(20)36-23;3*1-2/h7-8,12,14-17,19,22,25-26,29,39-40H,6,9-11,13H2,1-5H3,(H,35,36)(H2,31,32,33);3*1-2H3/t17?,19?,22-,25-,26-,29-;;;/m1.../s1. The number of anilines is 1. The molecule has 6 rings (SSSR count). The molecule has 0 amide bonds. The largest absolute Gasteiger partial charge is 0.387 e. The van der Waals surface area contributed by atoms with Gasteiger partial charge < -0.3 is 25.7 Å². The molecule has 0 spiro atoms. The smallest absolute Gasteiger partial charge is 0.167 e. The highest BCUT2D eigenvalue weighted by atomic mass is 16.6. The van der Waals surface area contributed by atoms with Crippen LogP contribution in [0.25, 0.3) is 22.2 Å². The van der Waals surface area contributed by atoms with Crippen LogP contribution >= 0.6 is 0 Å². The number of fused-ring (bicyclic) bond motifs is 2. The zero-order valence-electron chi connectivity index (χ0n) is 30.5. The van der Waals surface area contributed by atoms with Gasteiger partial charge in [0.15, 0.2) is 17.7 Å². The SMILES string of the molecule is CC.CC.CC.CC(C)N(C[C@H]1O[C@@H](n2cnc3c(N)ncnc32)[C@H](O)[C@@H]1O)C1CC(CCc2nc3ccc(C(C)(C)C)cc3[nH]2)C1. The molecule has 262 valence electrons. The minimum atomic E-state index is -1.11. The number of rotatable bonds is 8. The van der Waals surface area contributed by atoms with Gasteiger partial charge in [-0.1, -0.05) is 68.4 Å². The zero-order chi connectivity index (χ0) is 35.1. The third-order valence-corrected chi connectivity index (χ3v) is 8.92. The minimum absolute atomic E-state index is 0.110. The van der Waals surface area contributed by atoms with Gasteiger partial charge in [-0.3, -0.25) is 9.47 Å². The molecule has 1 saturated carbocycles. The van der Waals surface area contributed by atoms with Crippen molar-refractivity contribution < 1.29 is 14.9 Å². The fraction of sp³-hybridized carbons (Fsp3) is 0.667. The van der Waals surface area contributed by atoms with Gasteiger partial charge in [0, 0.05) is 25.0 Å². The Bertz CT molecular complexity index is 1520. The van der Waals surface area contributed by atoms with Crippen molar-refractivity contribution in [1.29, 1.82) is 0 Å². The highest BCUT2D eigenvalue weighted by Crippen LogP contribution is 2.38. The van der Waals surface area contributed by atoms with Crippen molar-refractivity contribution in [3.05, 3.63) is 42.2 Å². The van der Waals surface area contributed by atoms with E-state index in [0.717, 1.165) is 42.5 Å². The van der Waals surface area contributed by atoms with E-state index in [1.807, 2.05) is 41.5 Å². The number of imidazole rings is 2. The summed E-state index contributed by atoms with van der Waals surface area (Å²) in [6.07, 6.45) is 3.63. The Morgan fingerprint density at radius 3 is 2.34 bits per heavy atom. The third kappa shape index (κ3) is 8.49. The second-order valence-electron chi connectivity index (χ2n) is 13.1. The number of aromatic nitrogens is 6. The summed E-state index contributed by atoms with van der Waals surface area (Å²) in [4.78, 5) is 23.3. The second-order valence-corrected chi connectivity index (χ2v) is 13.1. The quantitative estimate of drug-likeness (QED) is 0.169. The normalized spacial score (nSPS) is 23.9. The number of hydrogen-bond donors (Lipinski definition) is 4. The lowest BCUT2D eigenvalue weighted by Gasteiger charge is -2.46. The molecule has 0 unspecified atom stereocenters. The molecule has 3 aromatic heterocycles. The van der Waals surface area contributed by atoms with Crippen molar-refractivity contribution in [2.75, 3.05) is 12.3 Å². The summed E-state index contributed by atoms with van der Waals surface area (Å²) in [7, 11) is 0. The second kappa shape index (κ2) is 16.8. The number of aromatic amines is 1. The molecule has 2 fully saturated rings. The summed E-state index contributed by atoms with van der Waals surface area (Å²) in [6.45, 7) is 23.6. The van der Waals surface area contributed by atoms with E-state index in [4.69, 9.17) is 15.5 Å². The molecule has 1 saturated heterocycles. The van der Waals surface area contributed by atoms with Crippen LogP contribution in [0.2, 0.25) is 0 Å². The number of aliphatic hydroxyl groups is 2. The van der Waals surface area contributed by atoms with E-state index in [1.165, 1.54) is 18.2 Å². The van der Waals surface area contributed by atoms with Crippen LogP contribution < -0.4 is 5.73 Å². The predicted molar refractivity (Wildman–Crippen MR) is 191 cm³/mol. The van der Waals surface area contributed by atoms with Crippen molar-refractivity contribution in [3.8, 4) is 0 Å². The number of hydrogen-bond acceptors (Lipinski definition) is 9. The molecule has 1 aliphatic heterocycles. The van der Waals surface area contributed by atoms with Crippen molar-refractivity contribution in [1.82, 2.24) is 34.4 Å². The van der Waals surface area contributed by atoms with Crippen molar-refractivity contribution in [3.63, 3.8) is 0 Å². The Hall–Kier alpha value is -3.12. The number of aliphatic hydroxyl groups excluding tert-OH is 2. The number of nitrogens with one attached hydrogen (secondary N) is 1. The van der Waals surface area contributed by atoms with Crippen LogP contribution in [-0.2, 0) is 16.6 Å². The molecule has 1 aliphatic carbocycles. The first-order valence-corrected chi connectivity index (χ1v) is 17.7. The number of nitrogen functional groups attached to an aromatic ring is 1. The van der Waals surface area contributed by atoms with Crippen LogP contribution in [-0.4, -0.2) is 81.5 Å². The van der Waals surface area contributed by atoms with Gasteiger partial charge in [-0.25, -0.2) is 19.9 Å². The van der Waals surface area contributed by atoms with Gasteiger partial charge in [0.2, 0.25) is 0 Å². The van der Waals surface area contributed by atoms with Crippen molar-refractivity contribution >= 4 is 28.0 Å². The van der Waals surface area contributed by atoms with Gasteiger partial charge >= 0.3 is 0 Å². The number of benzene rings is 1. The van der Waals surface area contributed by atoms with Gasteiger partial charge in [0.1, 0.15) is 36.0 Å². The molecule has 11 nitrogen and oxygen atoms in total. The molecule has 4 atom stereocenters. The topological polar surface area (TPSA) is 151 Å². The van der Waals surface area contributed by atoms with Gasteiger partial charge in [0.05, 0.1) is 17.4 Å². The molecule has 1 aromatic carbocycles. The third-order valence-electron chi connectivity index (χ3n) is 8.92. The first-order valence-electron chi connectivity index (χ1n) is 17.7. The van der Waals surface area contributed by atoms with Crippen LogP contribution in [0.3, 0.4) is 0 Å². The number of nitrogens with zero attached hydrogens (tertiary/aromatic N) is 6. The van der Waals surface area contributed by atoms with Gasteiger partial charge in [0.25, 0.3) is 0 Å². The van der Waals surface area contributed by atoms with Crippen LogP contribution in [0, 0.1) is 5.92 Å². The fourth-order valence-corrected chi connectivity index (χ4v) is 6.35. The molecular weight excluding hydrogens is 592 g/mol. The van der Waals surface area contributed by atoms with Gasteiger partial charge in [-0.15, -0.1) is 0 Å². The Morgan fingerprint density at radius 2 is 1.70 bits per heavy atom. The molecule has 2 aliphatic rings. The van der Waals surface area contributed by atoms with E-state index in [2.05, 4.69) is 77.7 Å². The maximum absolute atomic E-state index is 10.9. The summed E-state index contributed by atoms with van der Waals surface area (Å²) in [5, 5.41) is 21.8. The van der Waals surface area contributed by atoms with E-state index in [1.54, 1.807) is 4.57 Å². The van der Waals surface area contributed by atoms with E-state index in [0.29, 0.717) is 29.7 Å². The number of nitrogens with two attached hydrogens (primary N) is 1.